The van der Waals surface area contributed by atoms with Crippen molar-refractivity contribution in [1.82, 2.24) is 0 Å². The van der Waals surface area contributed by atoms with Crippen molar-refractivity contribution in [1.29, 1.82) is 0 Å². The van der Waals surface area contributed by atoms with Crippen LogP contribution >= 0.6 is 0 Å². The number of nitrogens with zero attached hydrogens (tertiary/aromatic N) is 1. The van der Waals surface area contributed by atoms with Crippen LogP contribution in [0.15, 0.2) is 18.2 Å². The van der Waals surface area contributed by atoms with Gasteiger partial charge in [-0.15, -0.1) is 0 Å². The highest BCUT2D eigenvalue weighted by Gasteiger charge is 2.28. The van der Waals surface area contributed by atoms with E-state index in [0.29, 0.717) is 0 Å². The molecule has 17 heavy (non-hydrogen) atoms. The van der Waals surface area contributed by atoms with E-state index in [2.05, 4.69) is 26.0 Å². The Hall–Kier alpha value is -1.35. The molecule has 1 fully saturated rings. The number of carbonyl (C=O) groups is 1. The van der Waals surface area contributed by atoms with Gasteiger partial charge in [-0.2, -0.15) is 0 Å². The van der Waals surface area contributed by atoms with Crippen LogP contribution in [-0.2, 0) is 11.2 Å². The van der Waals surface area contributed by atoms with Crippen molar-refractivity contribution in [3.63, 3.8) is 0 Å². The Morgan fingerprint density at radius 3 is 2.94 bits per heavy atom. The van der Waals surface area contributed by atoms with E-state index in [0.717, 1.165) is 37.1 Å². The number of para-hydroxylation sites is 1. The summed E-state index contributed by atoms with van der Waals surface area (Å²) in [5.41, 5.74) is 9.32. The molecule has 1 aromatic rings. The Bertz CT molecular complexity index is 428. The lowest BCUT2D eigenvalue weighted by atomic mass is 9.99. The van der Waals surface area contributed by atoms with Crippen molar-refractivity contribution >= 4 is 11.6 Å². The minimum atomic E-state index is -0.326. The topological polar surface area (TPSA) is 46.3 Å². The number of carbonyl (C=O) groups excluding carboxylic acids is 1. The molecule has 0 aliphatic carbocycles. The van der Waals surface area contributed by atoms with E-state index in [9.17, 15) is 4.79 Å². The molecule has 1 amide bonds. The maximum atomic E-state index is 12.1. The molecule has 0 saturated carbocycles. The monoisotopic (exact) mass is 232 g/mol. The molecule has 2 rings (SSSR count). The Morgan fingerprint density at radius 2 is 2.24 bits per heavy atom. The van der Waals surface area contributed by atoms with Crippen LogP contribution in [0, 0.1) is 6.92 Å². The molecule has 1 heterocycles. The Morgan fingerprint density at radius 1 is 1.47 bits per heavy atom. The first-order valence-electron chi connectivity index (χ1n) is 6.30. The van der Waals surface area contributed by atoms with E-state index >= 15 is 0 Å². The van der Waals surface area contributed by atoms with Gasteiger partial charge in [-0.3, -0.25) is 4.79 Å². The number of benzene rings is 1. The number of nitrogens with two attached hydrogens (primary N) is 1. The van der Waals surface area contributed by atoms with Gasteiger partial charge in [-0.1, -0.05) is 25.1 Å². The van der Waals surface area contributed by atoms with Gasteiger partial charge < -0.3 is 10.6 Å². The van der Waals surface area contributed by atoms with Crippen molar-refractivity contribution in [2.45, 2.75) is 39.2 Å². The first kappa shape index (κ1) is 12.1. The summed E-state index contributed by atoms with van der Waals surface area (Å²) in [5.74, 6) is 0.0697. The highest BCUT2D eigenvalue weighted by atomic mass is 16.2. The Kier molecular flexibility index (Phi) is 3.48. The zero-order chi connectivity index (χ0) is 12.4. The normalized spacial score (nSPS) is 20.8. The number of amides is 1. The predicted octanol–water partition coefficient (Wildman–Crippen LogP) is 2.01. The van der Waals surface area contributed by atoms with E-state index < -0.39 is 0 Å². The molecule has 0 bridgehead atoms. The molecule has 0 spiro atoms. The molecule has 1 aliphatic rings. The third-order valence-corrected chi connectivity index (χ3v) is 3.45. The number of anilines is 1. The summed E-state index contributed by atoms with van der Waals surface area (Å²) in [6.07, 6.45) is 2.74. The van der Waals surface area contributed by atoms with Crippen molar-refractivity contribution in [3.05, 3.63) is 29.3 Å². The molecule has 0 aromatic heterocycles. The SMILES string of the molecule is CCc1cccc(C)c1N1CCCC(N)C1=O. The van der Waals surface area contributed by atoms with Gasteiger partial charge >= 0.3 is 0 Å². The zero-order valence-corrected chi connectivity index (χ0v) is 10.6. The predicted molar refractivity (Wildman–Crippen MR) is 70.1 cm³/mol. The molecular weight excluding hydrogens is 212 g/mol. The molecule has 92 valence electrons. The van der Waals surface area contributed by atoms with Gasteiger partial charge in [0.15, 0.2) is 0 Å². The summed E-state index contributed by atoms with van der Waals surface area (Å²) in [4.78, 5) is 14.0. The largest absolute Gasteiger partial charge is 0.320 e. The fourth-order valence-electron chi connectivity index (χ4n) is 2.52. The average molecular weight is 232 g/mol. The quantitative estimate of drug-likeness (QED) is 0.848. The maximum Gasteiger partial charge on any atom is 0.243 e. The van der Waals surface area contributed by atoms with Crippen molar-refractivity contribution < 1.29 is 4.79 Å². The zero-order valence-electron chi connectivity index (χ0n) is 10.6. The van der Waals surface area contributed by atoms with Crippen LogP contribution in [-0.4, -0.2) is 18.5 Å². The van der Waals surface area contributed by atoms with Gasteiger partial charge in [-0.05, 0) is 37.3 Å². The van der Waals surface area contributed by atoms with Crippen LogP contribution in [0.1, 0.15) is 30.9 Å². The van der Waals surface area contributed by atoms with Crippen LogP contribution in [0.25, 0.3) is 0 Å². The summed E-state index contributed by atoms with van der Waals surface area (Å²) < 4.78 is 0. The van der Waals surface area contributed by atoms with Gasteiger partial charge in [0.2, 0.25) is 5.91 Å². The number of rotatable bonds is 2. The van der Waals surface area contributed by atoms with Crippen LogP contribution < -0.4 is 10.6 Å². The number of aryl methyl sites for hydroxylation is 2. The molecule has 3 nitrogen and oxygen atoms in total. The van der Waals surface area contributed by atoms with Gasteiger partial charge in [0.05, 0.1) is 6.04 Å². The summed E-state index contributed by atoms with van der Waals surface area (Å²) in [6.45, 7) is 4.97. The molecule has 1 saturated heterocycles. The summed E-state index contributed by atoms with van der Waals surface area (Å²) in [5, 5.41) is 0. The number of piperidine rings is 1. The van der Waals surface area contributed by atoms with Crippen molar-refractivity contribution in [2.24, 2.45) is 5.73 Å². The third-order valence-electron chi connectivity index (χ3n) is 3.45. The second kappa shape index (κ2) is 4.88. The second-order valence-corrected chi connectivity index (χ2v) is 4.67. The molecule has 1 unspecified atom stereocenters. The second-order valence-electron chi connectivity index (χ2n) is 4.67. The maximum absolute atomic E-state index is 12.1. The number of hydrogen-bond acceptors (Lipinski definition) is 2. The smallest absolute Gasteiger partial charge is 0.243 e. The Labute approximate surface area is 103 Å². The molecule has 1 aliphatic heterocycles. The van der Waals surface area contributed by atoms with E-state index in [4.69, 9.17) is 5.73 Å². The minimum Gasteiger partial charge on any atom is -0.320 e. The number of hydrogen-bond donors (Lipinski definition) is 1. The van der Waals surface area contributed by atoms with Crippen LogP contribution in [0.3, 0.4) is 0 Å². The van der Waals surface area contributed by atoms with E-state index in [-0.39, 0.29) is 11.9 Å². The fraction of sp³-hybridized carbons (Fsp3) is 0.500. The van der Waals surface area contributed by atoms with Crippen molar-refractivity contribution in [3.8, 4) is 0 Å². The van der Waals surface area contributed by atoms with E-state index in [1.165, 1.54) is 5.56 Å². The summed E-state index contributed by atoms with van der Waals surface area (Å²) >= 11 is 0. The molecule has 3 heteroatoms. The van der Waals surface area contributed by atoms with Crippen LogP contribution in [0.2, 0.25) is 0 Å². The lowest BCUT2D eigenvalue weighted by Gasteiger charge is -2.33. The molecule has 1 atom stereocenters. The average Bonchev–Trinajstić information content (AvgIpc) is 2.33. The fourth-order valence-corrected chi connectivity index (χ4v) is 2.52. The lowest BCUT2D eigenvalue weighted by molar-refractivity contribution is -0.120. The molecule has 1 aromatic carbocycles. The molecule has 0 radical (unpaired) electrons. The van der Waals surface area contributed by atoms with Crippen LogP contribution in [0.4, 0.5) is 5.69 Å². The Balaban J connectivity index is 2.42. The lowest BCUT2D eigenvalue weighted by Crippen LogP contribution is -2.49. The standard InChI is InChI=1S/C14H20N2O/c1-3-11-7-4-6-10(2)13(11)16-9-5-8-12(15)14(16)17/h4,6-7,12H,3,5,8-9,15H2,1-2H3. The third kappa shape index (κ3) is 2.20. The van der Waals surface area contributed by atoms with Gasteiger partial charge in [0.25, 0.3) is 0 Å². The van der Waals surface area contributed by atoms with E-state index in [1.807, 2.05) is 11.0 Å². The summed E-state index contributed by atoms with van der Waals surface area (Å²) in [6, 6.07) is 5.87. The van der Waals surface area contributed by atoms with Gasteiger partial charge in [0.1, 0.15) is 0 Å². The van der Waals surface area contributed by atoms with E-state index in [1.54, 1.807) is 0 Å². The minimum absolute atomic E-state index is 0.0697. The van der Waals surface area contributed by atoms with Crippen molar-refractivity contribution in [2.75, 3.05) is 11.4 Å². The highest BCUT2D eigenvalue weighted by Crippen LogP contribution is 2.28. The first-order valence-corrected chi connectivity index (χ1v) is 6.30. The van der Waals surface area contributed by atoms with Crippen LogP contribution in [0.5, 0.6) is 0 Å². The summed E-state index contributed by atoms with van der Waals surface area (Å²) in [7, 11) is 0. The first-order chi connectivity index (χ1) is 8.15. The molecule has 2 N–H and O–H groups in total. The highest BCUT2D eigenvalue weighted by molar-refractivity contribution is 5.99. The van der Waals surface area contributed by atoms with Gasteiger partial charge in [-0.25, -0.2) is 0 Å². The van der Waals surface area contributed by atoms with Gasteiger partial charge in [0, 0.05) is 12.2 Å². The molecular formula is C14H20N2O.